The van der Waals surface area contributed by atoms with E-state index in [1.165, 1.54) is 0 Å². The van der Waals surface area contributed by atoms with Crippen molar-refractivity contribution >= 4 is 23.0 Å². The number of para-hydroxylation sites is 1. The zero-order chi connectivity index (χ0) is 15.5. The highest BCUT2D eigenvalue weighted by Crippen LogP contribution is 2.36. The van der Waals surface area contributed by atoms with Crippen LogP contribution < -0.4 is 20.7 Å². The number of benzene rings is 2. The van der Waals surface area contributed by atoms with Gasteiger partial charge in [-0.2, -0.15) is 0 Å². The van der Waals surface area contributed by atoms with E-state index in [4.69, 9.17) is 10.5 Å². The van der Waals surface area contributed by atoms with Crippen LogP contribution in [0.3, 0.4) is 0 Å². The average molecular weight is 297 g/mol. The van der Waals surface area contributed by atoms with E-state index in [1.54, 1.807) is 0 Å². The van der Waals surface area contributed by atoms with Gasteiger partial charge in [0.05, 0.1) is 18.8 Å². The van der Waals surface area contributed by atoms with E-state index in [9.17, 15) is 4.79 Å². The molecule has 1 aliphatic heterocycles. The number of nitrogens with one attached hydrogen (secondary N) is 1. The molecule has 0 bridgehead atoms. The Labute approximate surface area is 129 Å². The maximum atomic E-state index is 12.3. The molecule has 0 saturated heterocycles. The Kier molecular flexibility index (Phi) is 3.87. The summed E-state index contributed by atoms with van der Waals surface area (Å²) in [7, 11) is 0. The molecule has 3 N–H and O–H groups in total. The molecular weight excluding hydrogens is 278 g/mol. The topological polar surface area (TPSA) is 67.6 Å². The largest absolute Gasteiger partial charge is 0.489 e. The maximum absolute atomic E-state index is 12.3. The third kappa shape index (κ3) is 2.98. The van der Waals surface area contributed by atoms with E-state index in [-0.39, 0.29) is 12.5 Å². The number of rotatable bonds is 3. The van der Waals surface area contributed by atoms with Crippen LogP contribution in [-0.2, 0) is 4.79 Å². The van der Waals surface area contributed by atoms with E-state index < -0.39 is 0 Å². The molecule has 5 heteroatoms. The number of nitrogen functional groups attached to an aromatic ring is 1. The molecule has 0 fully saturated rings. The van der Waals surface area contributed by atoms with Crippen LogP contribution in [0.15, 0.2) is 42.5 Å². The first kappa shape index (κ1) is 14.3. The highest BCUT2D eigenvalue weighted by molar-refractivity contribution is 5.95. The van der Waals surface area contributed by atoms with Crippen molar-refractivity contribution in [1.29, 1.82) is 0 Å². The summed E-state index contributed by atoms with van der Waals surface area (Å²) in [5, 5.41) is 2.92. The van der Waals surface area contributed by atoms with Gasteiger partial charge in [-0.3, -0.25) is 4.79 Å². The minimum Gasteiger partial charge on any atom is -0.489 e. The van der Waals surface area contributed by atoms with Crippen LogP contribution in [0.4, 0.5) is 17.1 Å². The van der Waals surface area contributed by atoms with Gasteiger partial charge in [0.25, 0.3) is 0 Å². The number of carbonyl (C=O) groups excluding carboxylic acids is 1. The quantitative estimate of drug-likeness (QED) is 0.854. The van der Waals surface area contributed by atoms with Crippen LogP contribution in [0.1, 0.15) is 5.56 Å². The lowest BCUT2D eigenvalue weighted by molar-refractivity contribution is -0.115. The minimum atomic E-state index is -0.0679. The monoisotopic (exact) mass is 297 g/mol. The number of ether oxygens (including phenoxy) is 1. The van der Waals surface area contributed by atoms with Crippen LogP contribution in [-0.4, -0.2) is 25.6 Å². The normalized spacial score (nSPS) is 13.2. The Morgan fingerprint density at radius 3 is 2.95 bits per heavy atom. The molecule has 5 nitrogen and oxygen atoms in total. The van der Waals surface area contributed by atoms with E-state index in [0.29, 0.717) is 18.8 Å². The third-order valence-electron chi connectivity index (χ3n) is 3.60. The molecule has 0 aliphatic carbocycles. The fourth-order valence-electron chi connectivity index (χ4n) is 2.63. The first-order valence-corrected chi connectivity index (χ1v) is 7.26. The van der Waals surface area contributed by atoms with Gasteiger partial charge in [-0.25, -0.2) is 0 Å². The molecule has 0 radical (unpaired) electrons. The SMILES string of the molecule is Cc1cccc(NC(=O)CN2CCOc3cccc(N)c32)c1. The summed E-state index contributed by atoms with van der Waals surface area (Å²) in [5.41, 5.74) is 9.37. The second kappa shape index (κ2) is 5.97. The lowest BCUT2D eigenvalue weighted by atomic mass is 10.2. The summed E-state index contributed by atoms with van der Waals surface area (Å²) in [5.74, 6) is 0.663. The van der Waals surface area contributed by atoms with Crippen LogP contribution >= 0.6 is 0 Å². The van der Waals surface area contributed by atoms with Crippen LogP contribution in [0.2, 0.25) is 0 Å². The Morgan fingerprint density at radius 1 is 1.32 bits per heavy atom. The Morgan fingerprint density at radius 2 is 2.14 bits per heavy atom. The number of nitrogens with two attached hydrogens (primary N) is 1. The number of hydrogen-bond acceptors (Lipinski definition) is 4. The van der Waals surface area contributed by atoms with E-state index in [0.717, 1.165) is 22.7 Å². The van der Waals surface area contributed by atoms with Crippen LogP contribution in [0.25, 0.3) is 0 Å². The van der Waals surface area contributed by atoms with Crippen molar-refractivity contribution in [3.8, 4) is 5.75 Å². The standard InChI is InChI=1S/C17H19N3O2/c1-12-4-2-5-13(10-12)19-16(21)11-20-8-9-22-15-7-3-6-14(18)17(15)20/h2-7,10H,8-9,11,18H2,1H3,(H,19,21). The molecule has 0 saturated carbocycles. The molecular formula is C17H19N3O2. The molecule has 0 atom stereocenters. The molecule has 1 amide bonds. The van der Waals surface area contributed by atoms with Crippen molar-refractivity contribution in [2.75, 3.05) is 35.6 Å². The third-order valence-corrected chi connectivity index (χ3v) is 3.60. The molecule has 0 spiro atoms. The summed E-state index contributed by atoms with van der Waals surface area (Å²) in [4.78, 5) is 14.2. The van der Waals surface area contributed by atoms with Crippen molar-refractivity contribution in [3.05, 3.63) is 48.0 Å². The number of amides is 1. The molecule has 0 unspecified atom stereocenters. The van der Waals surface area contributed by atoms with E-state index in [1.807, 2.05) is 54.3 Å². The molecule has 2 aromatic carbocycles. The van der Waals surface area contributed by atoms with Gasteiger partial charge in [0.15, 0.2) is 0 Å². The lowest BCUT2D eigenvalue weighted by Gasteiger charge is -2.31. The van der Waals surface area contributed by atoms with Crippen molar-refractivity contribution in [3.63, 3.8) is 0 Å². The van der Waals surface area contributed by atoms with Gasteiger partial charge in [0.2, 0.25) is 5.91 Å². The highest BCUT2D eigenvalue weighted by atomic mass is 16.5. The smallest absolute Gasteiger partial charge is 0.243 e. The van der Waals surface area contributed by atoms with Crippen LogP contribution in [0.5, 0.6) is 5.75 Å². The number of nitrogens with zero attached hydrogens (tertiary/aromatic N) is 1. The molecule has 1 aliphatic rings. The first-order chi connectivity index (χ1) is 10.6. The zero-order valence-corrected chi connectivity index (χ0v) is 12.5. The second-order valence-electron chi connectivity index (χ2n) is 5.38. The molecule has 114 valence electrons. The van der Waals surface area contributed by atoms with E-state index in [2.05, 4.69) is 5.32 Å². The van der Waals surface area contributed by atoms with Crippen LogP contribution in [0, 0.1) is 6.92 Å². The second-order valence-corrected chi connectivity index (χ2v) is 5.38. The van der Waals surface area contributed by atoms with Gasteiger partial charge in [0, 0.05) is 5.69 Å². The zero-order valence-electron chi connectivity index (χ0n) is 12.5. The lowest BCUT2D eigenvalue weighted by Crippen LogP contribution is -2.39. The minimum absolute atomic E-state index is 0.0679. The van der Waals surface area contributed by atoms with Crippen molar-refractivity contribution in [2.24, 2.45) is 0 Å². The summed E-state index contributed by atoms with van der Waals surface area (Å²) in [6.45, 7) is 3.43. The number of aryl methyl sites for hydroxylation is 1. The Bertz CT molecular complexity index is 700. The summed E-state index contributed by atoms with van der Waals surface area (Å²) in [6, 6.07) is 13.3. The summed E-state index contributed by atoms with van der Waals surface area (Å²) < 4.78 is 5.60. The summed E-state index contributed by atoms with van der Waals surface area (Å²) >= 11 is 0. The first-order valence-electron chi connectivity index (χ1n) is 7.26. The predicted molar refractivity (Wildman–Crippen MR) is 88.4 cm³/mol. The number of anilines is 3. The van der Waals surface area contributed by atoms with Gasteiger partial charge in [0.1, 0.15) is 18.0 Å². The molecule has 3 rings (SSSR count). The summed E-state index contributed by atoms with van der Waals surface area (Å²) in [6.07, 6.45) is 0. The predicted octanol–water partition coefficient (Wildman–Crippen LogP) is 2.41. The average Bonchev–Trinajstić information content (AvgIpc) is 2.47. The molecule has 1 heterocycles. The maximum Gasteiger partial charge on any atom is 0.243 e. The van der Waals surface area contributed by atoms with Gasteiger partial charge < -0.3 is 20.7 Å². The Hall–Kier alpha value is -2.69. The van der Waals surface area contributed by atoms with Gasteiger partial charge in [-0.15, -0.1) is 0 Å². The molecule has 0 aromatic heterocycles. The molecule has 2 aromatic rings. The molecule has 22 heavy (non-hydrogen) atoms. The Balaban J connectivity index is 1.73. The van der Waals surface area contributed by atoms with Crippen molar-refractivity contribution in [1.82, 2.24) is 0 Å². The van der Waals surface area contributed by atoms with Gasteiger partial charge >= 0.3 is 0 Å². The van der Waals surface area contributed by atoms with E-state index >= 15 is 0 Å². The fourth-order valence-corrected chi connectivity index (χ4v) is 2.63. The van der Waals surface area contributed by atoms with Gasteiger partial charge in [-0.05, 0) is 36.8 Å². The highest BCUT2D eigenvalue weighted by Gasteiger charge is 2.22. The number of fused-ring (bicyclic) bond motifs is 1. The van der Waals surface area contributed by atoms with Gasteiger partial charge in [-0.1, -0.05) is 18.2 Å². The van der Waals surface area contributed by atoms with Crippen molar-refractivity contribution < 1.29 is 9.53 Å². The van der Waals surface area contributed by atoms with Crippen molar-refractivity contribution in [2.45, 2.75) is 6.92 Å². The number of hydrogen-bond donors (Lipinski definition) is 2. The fraction of sp³-hybridized carbons (Fsp3) is 0.235. The number of carbonyl (C=O) groups is 1.